The van der Waals surface area contributed by atoms with E-state index >= 15 is 0 Å². The normalized spacial score (nSPS) is 10.6. The van der Waals surface area contributed by atoms with Crippen molar-refractivity contribution in [3.05, 3.63) is 44.1 Å². The summed E-state index contributed by atoms with van der Waals surface area (Å²) in [5, 5.41) is 4.66. The maximum atomic E-state index is 13.3. The lowest BCUT2D eigenvalue weighted by atomic mass is 10.3. The van der Waals surface area contributed by atoms with Gasteiger partial charge in [0.1, 0.15) is 5.69 Å². The van der Waals surface area contributed by atoms with E-state index in [0.29, 0.717) is 18.7 Å². The van der Waals surface area contributed by atoms with Crippen LogP contribution >= 0.6 is 34.5 Å². The van der Waals surface area contributed by atoms with Crippen molar-refractivity contribution in [3.8, 4) is 0 Å². The minimum atomic E-state index is -0.717. The number of amides is 1. The number of carbonyl (C=O) groups is 1. The third-order valence-corrected chi connectivity index (χ3v) is 3.84. The molecule has 2 rings (SSSR count). The van der Waals surface area contributed by atoms with Gasteiger partial charge in [-0.3, -0.25) is 4.79 Å². The molecule has 0 aliphatic carbocycles. The van der Waals surface area contributed by atoms with Crippen molar-refractivity contribution in [2.24, 2.45) is 5.73 Å². The van der Waals surface area contributed by atoms with Crippen LogP contribution in [0.4, 0.5) is 10.1 Å². The van der Waals surface area contributed by atoms with Crippen molar-refractivity contribution in [2.75, 3.05) is 11.9 Å². The second-order valence-electron chi connectivity index (χ2n) is 3.87. The molecule has 4 nitrogen and oxygen atoms in total. The highest BCUT2D eigenvalue weighted by atomic mass is 35.5. The van der Waals surface area contributed by atoms with Gasteiger partial charge >= 0.3 is 0 Å². The van der Waals surface area contributed by atoms with E-state index in [1.165, 1.54) is 23.5 Å². The van der Waals surface area contributed by atoms with Crippen LogP contribution in [0.5, 0.6) is 0 Å². The van der Waals surface area contributed by atoms with Gasteiger partial charge in [0, 0.05) is 17.5 Å². The Kier molecular flexibility index (Phi) is 4.93. The molecule has 20 heavy (non-hydrogen) atoms. The Morgan fingerprint density at radius 1 is 1.40 bits per heavy atom. The summed E-state index contributed by atoms with van der Waals surface area (Å²) in [4.78, 5) is 16.1. The van der Waals surface area contributed by atoms with Gasteiger partial charge in [-0.15, -0.1) is 11.3 Å². The number of hydrogen-bond acceptors (Lipinski definition) is 4. The van der Waals surface area contributed by atoms with Crippen LogP contribution in [0.1, 0.15) is 15.5 Å². The van der Waals surface area contributed by atoms with Crippen LogP contribution in [0.25, 0.3) is 0 Å². The molecule has 1 aromatic heterocycles. The number of benzene rings is 1. The summed E-state index contributed by atoms with van der Waals surface area (Å²) in [7, 11) is 0. The predicted octanol–water partition coefficient (Wildman–Crippen LogP) is 3.34. The van der Waals surface area contributed by atoms with Gasteiger partial charge in [0.15, 0.2) is 5.82 Å². The Morgan fingerprint density at radius 2 is 2.05 bits per heavy atom. The average molecular weight is 334 g/mol. The number of anilines is 1. The maximum Gasteiger partial charge on any atom is 0.275 e. The zero-order chi connectivity index (χ0) is 14.7. The van der Waals surface area contributed by atoms with Gasteiger partial charge in [-0.25, -0.2) is 9.37 Å². The molecule has 0 aliphatic heterocycles. The molecule has 3 N–H and O–H groups in total. The molecule has 1 amide bonds. The molecule has 1 heterocycles. The zero-order valence-electron chi connectivity index (χ0n) is 10.1. The predicted molar refractivity (Wildman–Crippen MR) is 79.2 cm³/mol. The molecule has 0 fully saturated rings. The van der Waals surface area contributed by atoms with E-state index in [0.717, 1.165) is 5.01 Å². The molecule has 0 spiro atoms. The Balaban J connectivity index is 2.14. The summed E-state index contributed by atoms with van der Waals surface area (Å²) < 4.78 is 13.3. The van der Waals surface area contributed by atoms with Crippen LogP contribution < -0.4 is 11.1 Å². The molecule has 0 bridgehead atoms. The molecule has 0 unspecified atom stereocenters. The zero-order valence-corrected chi connectivity index (χ0v) is 12.4. The quantitative estimate of drug-likeness (QED) is 0.843. The first-order valence-electron chi connectivity index (χ1n) is 5.61. The first-order chi connectivity index (χ1) is 9.51. The Morgan fingerprint density at radius 3 is 2.65 bits per heavy atom. The standard InChI is InChI=1S/C12H10Cl2FN3OS/c13-7-3-6(4-8(14)11(7)15)17-12(19)9-5-20-10(18-9)1-2-16/h3-5H,1-2,16H2,(H,17,19). The molecule has 2 aromatic rings. The molecule has 0 aliphatic rings. The van der Waals surface area contributed by atoms with Gasteiger partial charge in [0.25, 0.3) is 5.91 Å². The lowest BCUT2D eigenvalue weighted by Gasteiger charge is -2.05. The van der Waals surface area contributed by atoms with Crippen molar-refractivity contribution in [2.45, 2.75) is 6.42 Å². The number of nitrogens with two attached hydrogens (primary N) is 1. The smallest absolute Gasteiger partial charge is 0.275 e. The molecule has 8 heteroatoms. The third kappa shape index (κ3) is 3.46. The van der Waals surface area contributed by atoms with Gasteiger partial charge in [0.05, 0.1) is 15.1 Å². The second-order valence-corrected chi connectivity index (χ2v) is 5.63. The Bertz CT molecular complexity index is 624. The minimum absolute atomic E-state index is 0.158. The fraction of sp³-hybridized carbons (Fsp3) is 0.167. The van der Waals surface area contributed by atoms with E-state index in [-0.39, 0.29) is 15.7 Å². The van der Waals surface area contributed by atoms with Crippen LogP contribution in [-0.4, -0.2) is 17.4 Å². The summed E-state index contributed by atoms with van der Waals surface area (Å²) in [6.07, 6.45) is 0.617. The second kappa shape index (κ2) is 6.49. The summed E-state index contributed by atoms with van der Waals surface area (Å²) in [6.45, 7) is 0.470. The lowest BCUT2D eigenvalue weighted by Crippen LogP contribution is -2.13. The number of carbonyl (C=O) groups excluding carboxylic acids is 1. The Labute approximate surface area is 128 Å². The molecule has 106 valence electrons. The van der Waals surface area contributed by atoms with Crippen LogP contribution in [0.2, 0.25) is 10.0 Å². The number of aromatic nitrogens is 1. The van der Waals surface area contributed by atoms with Crippen LogP contribution in [0, 0.1) is 5.82 Å². The van der Waals surface area contributed by atoms with Crippen molar-refractivity contribution >= 4 is 46.1 Å². The molecular formula is C12H10Cl2FN3OS. The summed E-state index contributed by atoms with van der Waals surface area (Å²) in [5.74, 6) is -1.13. The van der Waals surface area contributed by atoms with E-state index in [1.54, 1.807) is 5.38 Å². The third-order valence-electron chi connectivity index (χ3n) is 2.38. The number of nitrogens with zero attached hydrogens (tertiary/aromatic N) is 1. The van der Waals surface area contributed by atoms with Gasteiger partial charge < -0.3 is 11.1 Å². The van der Waals surface area contributed by atoms with Gasteiger partial charge in [-0.1, -0.05) is 23.2 Å². The van der Waals surface area contributed by atoms with Gasteiger partial charge in [-0.05, 0) is 18.7 Å². The first kappa shape index (κ1) is 15.2. The number of hydrogen-bond donors (Lipinski definition) is 2. The minimum Gasteiger partial charge on any atom is -0.330 e. The molecular weight excluding hydrogens is 324 g/mol. The fourth-order valence-corrected chi connectivity index (χ4v) is 2.76. The summed E-state index contributed by atoms with van der Waals surface area (Å²) >= 11 is 12.7. The van der Waals surface area contributed by atoms with Crippen LogP contribution in [0.3, 0.4) is 0 Å². The highest BCUT2D eigenvalue weighted by molar-refractivity contribution is 7.09. The first-order valence-corrected chi connectivity index (χ1v) is 7.25. The topological polar surface area (TPSA) is 68.0 Å². The average Bonchev–Trinajstić information content (AvgIpc) is 2.85. The number of thiazole rings is 1. The summed E-state index contributed by atoms with van der Waals surface area (Å²) in [5.41, 5.74) is 6.00. The van der Waals surface area contributed by atoms with Crippen molar-refractivity contribution in [1.82, 2.24) is 4.98 Å². The van der Waals surface area contributed by atoms with Gasteiger partial charge in [0.2, 0.25) is 0 Å². The molecule has 0 radical (unpaired) electrons. The van der Waals surface area contributed by atoms with Crippen molar-refractivity contribution in [1.29, 1.82) is 0 Å². The van der Waals surface area contributed by atoms with E-state index in [4.69, 9.17) is 28.9 Å². The Hall–Kier alpha value is -1.21. The van der Waals surface area contributed by atoms with E-state index in [2.05, 4.69) is 10.3 Å². The van der Waals surface area contributed by atoms with Gasteiger partial charge in [-0.2, -0.15) is 0 Å². The highest BCUT2D eigenvalue weighted by Crippen LogP contribution is 2.27. The summed E-state index contributed by atoms with van der Waals surface area (Å²) in [6, 6.07) is 2.57. The van der Waals surface area contributed by atoms with E-state index in [1.807, 2.05) is 0 Å². The van der Waals surface area contributed by atoms with Crippen LogP contribution in [0.15, 0.2) is 17.5 Å². The molecule has 0 atom stereocenters. The van der Waals surface area contributed by atoms with Crippen molar-refractivity contribution < 1.29 is 9.18 Å². The lowest BCUT2D eigenvalue weighted by molar-refractivity contribution is 0.102. The van der Waals surface area contributed by atoms with E-state index < -0.39 is 11.7 Å². The monoisotopic (exact) mass is 333 g/mol. The molecule has 0 saturated heterocycles. The van der Waals surface area contributed by atoms with E-state index in [9.17, 15) is 9.18 Å². The molecule has 1 aromatic carbocycles. The number of rotatable bonds is 4. The highest BCUT2D eigenvalue weighted by Gasteiger charge is 2.13. The molecule has 0 saturated carbocycles. The van der Waals surface area contributed by atoms with Crippen molar-refractivity contribution in [3.63, 3.8) is 0 Å². The maximum absolute atomic E-state index is 13.3. The van der Waals surface area contributed by atoms with Crippen LogP contribution in [-0.2, 0) is 6.42 Å². The number of halogens is 3. The fourth-order valence-electron chi connectivity index (χ4n) is 1.48. The SMILES string of the molecule is NCCc1nc(C(=O)Nc2cc(Cl)c(F)c(Cl)c2)cs1. The largest absolute Gasteiger partial charge is 0.330 e. The number of nitrogens with one attached hydrogen (secondary N) is 1.